The van der Waals surface area contributed by atoms with Gasteiger partial charge in [-0.1, -0.05) is 18.2 Å². The van der Waals surface area contributed by atoms with Gasteiger partial charge >= 0.3 is 0 Å². The number of hydrogen-bond acceptors (Lipinski definition) is 5. The van der Waals surface area contributed by atoms with Crippen molar-refractivity contribution in [3.05, 3.63) is 64.4 Å². The number of aromatic nitrogens is 2. The molecular formula is C22H25N5O2S. The van der Waals surface area contributed by atoms with Crippen LogP contribution in [0.5, 0.6) is 0 Å². The molecule has 30 heavy (non-hydrogen) atoms. The lowest BCUT2D eigenvalue weighted by Gasteiger charge is -2.23. The molecule has 156 valence electrons. The van der Waals surface area contributed by atoms with Crippen molar-refractivity contribution in [3.8, 4) is 5.13 Å². The number of rotatable bonds is 6. The highest BCUT2D eigenvalue weighted by atomic mass is 32.1. The molecule has 3 aromatic rings. The number of anilines is 1. The molecule has 0 aliphatic carbocycles. The Labute approximate surface area is 179 Å². The summed E-state index contributed by atoms with van der Waals surface area (Å²) in [5.74, 6) is -0.449. The van der Waals surface area contributed by atoms with Crippen LogP contribution in [0.15, 0.2) is 41.9 Å². The Kier molecular flexibility index (Phi) is 5.69. The van der Waals surface area contributed by atoms with E-state index in [0.29, 0.717) is 12.1 Å². The number of para-hydroxylation sites is 1. The Bertz CT molecular complexity index is 1070. The summed E-state index contributed by atoms with van der Waals surface area (Å²) >= 11 is 1.53. The van der Waals surface area contributed by atoms with E-state index >= 15 is 0 Å². The van der Waals surface area contributed by atoms with E-state index in [0.717, 1.165) is 47.2 Å². The standard InChI is InChI=1S/C22H25N5O2S/c1-14-12-17(15(2)27(14)22-24-9-11-30-22)21(29)25-18-7-4-3-6-16(18)13-26-10-5-8-19(26)20(23)28/h3-4,6-7,9,11-12,19H,5,8,10,13H2,1-2H3,(H2,23,28)(H,25,29). The maximum Gasteiger partial charge on any atom is 0.257 e. The molecule has 2 amide bonds. The van der Waals surface area contributed by atoms with Gasteiger partial charge in [0, 0.05) is 35.2 Å². The fourth-order valence-electron chi connectivity index (χ4n) is 4.14. The lowest BCUT2D eigenvalue weighted by molar-refractivity contribution is -0.122. The molecule has 2 aromatic heterocycles. The van der Waals surface area contributed by atoms with Crippen LogP contribution in [-0.2, 0) is 11.3 Å². The van der Waals surface area contributed by atoms with E-state index < -0.39 is 0 Å². The summed E-state index contributed by atoms with van der Waals surface area (Å²) < 4.78 is 1.99. The smallest absolute Gasteiger partial charge is 0.257 e. The first-order valence-corrected chi connectivity index (χ1v) is 10.8. The van der Waals surface area contributed by atoms with Crippen LogP contribution < -0.4 is 11.1 Å². The number of amides is 2. The second-order valence-corrected chi connectivity index (χ2v) is 8.45. The van der Waals surface area contributed by atoms with Crippen molar-refractivity contribution < 1.29 is 9.59 Å². The number of primary amides is 1. The molecule has 3 heterocycles. The number of nitrogens with one attached hydrogen (secondary N) is 1. The van der Waals surface area contributed by atoms with E-state index in [1.54, 1.807) is 6.20 Å². The number of likely N-dealkylation sites (tertiary alicyclic amines) is 1. The molecule has 1 aliphatic rings. The number of carbonyl (C=O) groups is 2. The van der Waals surface area contributed by atoms with Crippen molar-refractivity contribution in [2.75, 3.05) is 11.9 Å². The van der Waals surface area contributed by atoms with Gasteiger partial charge in [0.05, 0.1) is 11.6 Å². The van der Waals surface area contributed by atoms with Gasteiger partial charge in [0.15, 0.2) is 5.13 Å². The van der Waals surface area contributed by atoms with Gasteiger partial charge in [-0.15, -0.1) is 11.3 Å². The van der Waals surface area contributed by atoms with Crippen molar-refractivity contribution >= 4 is 28.8 Å². The van der Waals surface area contributed by atoms with E-state index in [-0.39, 0.29) is 17.9 Å². The summed E-state index contributed by atoms with van der Waals surface area (Å²) in [4.78, 5) is 31.3. The normalized spacial score (nSPS) is 16.7. The molecule has 1 unspecified atom stereocenters. The van der Waals surface area contributed by atoms with Crippen LogP contribution in [-0.4, -0.2) is 38.9 Å². The monoisotopic (exact) mass is 423 g/mol. The number of aryl methyl sites for hydroxylation is 1. The van der Waals surface area contributed by atoms with E-state index in [9.17, 15) is 9.59 Å². The number of nitrogens with two attached hydrogens (primary N) is 1. The number of thiazole rings is 1. The Morgan fingerprint density at radius 3 is 2.83 bits per heavy atom. The third kappa shape index (κ3) is 3.88. The van der Waals surface area contributed by atoms with Gasteiger partial charge in [0.25, 0.3) is 5.91 Å². The largest absolute Gasteiger partial charge is 0.368 e. The van der Waals surface area contributed by atoms with Crippen LogP contribution >= 0.6 is 11.3 Å². The summed E-state index contributed by atoms with van der Waals surface area (Å²) in [5.41, 5.74) is 9.70. The molecule has 0 radical (unpaired) electrons. The van der Waals surface area contributed by atoms with Gasteiger partial charge in [-0.25, -0.2) is 4.98 Å². The van der Waals surface area contributed by atoms with E-state index in [1.165, 1.54) is 11.3 Å². The molecule has 8 heteroatoms. The summed E-state index contributed by atoms with van der Waals surface area (Å²) in [7, 11) is 0. The van der Waals surface area contributed by atoms with Gasteiger partial charge in [0.1, 0.15) is 0 Å². The highest BCUT2D eigenvalue weighted by Crippen LogP contribution is 2.26. The summed E-state index contributed by atoms with van der Waals surface area (Å²) in [6, 6.07) is 9.35. The van der Waals surface area contributed by atoms with Crippen LogP contribution in [0.4, 0.5) is 5.69 Å². The Balaban J connectivity index is 1.56. The molecule has 1 atom stereocenters. The Hall–Kier alpha value is -2.97. The molecule has 4 rings (SSSR count). The van der Waals surface area contributed by atoms with Crippen LogP contribution in [0, 0.1) is 13.8 Å². The summed E-state index contributed by atoms with van der Waals surface area (Å²) in [6.45, 7) is 5.29. The van der Waals surface area contributed by atoms with Crippen LogP contribution in [0.2, 0.25) is 0 Å². The van der Waals surface area contributed by atoms with E-state index in [2.05, 4.69) is 15.2 Å². The first kappa shape index (κ1) is 20.3. The van der Waals surface area contributed by atoms with E-state index in [1.807, 2.05) is 54.1 Å². The minimum Gasteiger partial charge on any atom is -0.368 e. The predicted octanol–water partition coefficient (Wildman–Crippen LogP) is 3.25. The predicted molar refractivity (Wildman–Crippen MR) is 118 cm³/mol. The molecule has 0 spiro atoms. The van der Waals surface area contributed by atoms with Crippen molar-refractivity contribution in [2.24, 2.45) is 5.73 Å². The van der Waals surface area contributed by atoms with Crippen LogP contribution in [0.3, 0.4) is 0 Å². The second kappa shape index (κ2) is 8.41. The minimum atomic E-state index is -0.288. The number of nitrogens with zero attached hydrogens (tertiary/aromatic N) is 3. The topological polar surface area (TPSA) is 93.3 Å². The quantitative estimate of drug-likeness (QED) is 0.636. The van der Waals surface area contributed by atoms with Crippen molar-refractivity contribution in [1.82, 2.24) is 14.5 Å². The maximum absolute atomic E-state index is 13.1. The van der Waals surface area contributed by atoms with Gasteiger partial charge in [-0.05, 0) is 50.9 Å². The average Bonchev–Trinajstić information content (AvgIpc) is 3.44. The van der Waals surface area contributed by atoms with Crippen molar-refractivity contribution in [3.63, 3.8) is 0 Å². The fraction of sp³-hybridized carbons (Fsp3) is 0.318. The molecule has 0 bridgehead atoms. The van der Waals surface area contributed by atoms with Crippen molar-refractivity contribution in [1.29, 1.82) is 0 Å². The number of hydrogen-bond donors (Lipinski definition) is 2. The number of benzene rings is 1. The van der Waals surface area contributed by atoms with Crippen molar-refractivity contribution in [2.45, 2.75) is 39.3 Å². The lowest BCUT2D eigenvalue weighted by Crippen LogP contribution is -2.39. The number of carbonyl (C=O) groups excluding carboxylic acids is 2. The lowest BCUT2D eigenvalue weighted by atomic mass is 10.1. The van der Waals surface area contributed by atoms with Gasteiger partial charge in [0.2, 0.25) is 5.91 Å². The molecule has 3 N–H and O–H groups in total. The Morgan fingerprint density at radius 2 is 2.10 bits per heavy atom. The van der Waals surface area contributed by atoms with Gasteiger partial charge in [-0.2, -0.15) is 0 Å². The molecule has 1 aromatic carbocycles. The molecule has 1 fully saturated rings. The zero-order valence-electron chi connectivity index (χ0n) is 17.1. The maximum atomic E-state index is 13.1. The average molecular weight is 424 g/mol. The zero-order chi connectivity index (χ0) is 21.3. The first-order chi connectivity index (χ1) is 14.5. The third-order valence-electron chi connectivity index (χ3n) is 5.62. The molecule has 1 saturated heterocycles. The minimum absolute atomic E-state index is 0.161. The van der Waals surface area contributed by atoms with Gasteiger partial charge in [-0.3, -0.25) is 19.1 Å². The van der Waals surface area contributed by atoms with E-state index in [4.69, 9.17) is 5.73 Å². The second-order valence-electron chi connectivity index (χ2n) is 7.58. The highest BCUT2D eigenvalue weighted by molar-refractivity contribution is 7.12. The van der Waals surface area contributed by atoms with Crippen LogP contribution in [0.1, 0.15) is 40.2 Å². The summed E-state index contributed by atoms with van der Waals surface area (Å²) in [5, 5.41) is 5.82. The zero-order valence-corrected chi connectivity index (χ0v) is 17.9. The molecule has 7 nitrogen and oxygen atoms in total. The fourth-order valence-corrected chi connectivity index (χ4v) is 4.89. The summed E-state index contributed by atoms with van der Waals surface area (Å²) in [6.07, 6.45) is 3.49. The first-order valence-electron chi connectivity index (χ1n) is 9.97. The Morgan fingerprint density at radius 1 is 1.30 bits per heavy atom. The van der Waals surface area contributed by atoms with Crippen LogP contribution in [0.25, 0.3) is 5.13 Å². The molecule has 1 aliphatic heterocycles. The van der Waals surface area contributed by atoms with Gasteiger partial charge < -0.3 is 11.1 Å². The highest BCUT2D eigenvalue weighted by Gasteiger charge is 2.29. The third-order valence-corrected chi connectivity index (χ3v) is 6.37. The molecule has 0 saturated carbocycles. The molecular weight excluding hydrogens is 398 g/mol. The SMILES string of the molecule is Cc1cc(C(=O)Nc2ccccc2CN2CCCC2C(N)=O)c(C)n1-c1nccs1.